The summed E-state index contributed by atoms with van der Waals surface area (Å²) < 4.78 is 39.6. The second-order valence-corrected chi connectivity index (χ2v) is 10.5. The lowest BCUT2D eigenvalue weighted by Crippen LogP contribution is -2.32. The maximum Gasteiger partial charge on any atom is 0.510 e. The molecule has 2 N–H and O–H groups in total. The van der Waals surface area contributed by atoms with Crippen LogP contribution >= 0.6 is 0 Å². The molecule has 0 amide bonds. The zero-order chi connectivity index (χ0) is 22.9. The number of carbonyl (C=O) groups is 1. The van der Waals surface area contributed by atoms with E-state index in [1.165, 1.54) is 21.1 Å². The number of fused-ring (bicyclic) bond motifs is 1. The van der Waals surface area contributed by atoms with Crippen LogP contribution in [0.15, 0.2) is 34.1 Å². The standard InChI is InChI=1S/C22H29N3O6S/c1-15-12-24(14-30-22(27)31-17-6-3-2-4-7-17)21(26)18-8-5-9-19(20(15)18)32(28,29)25-11-10-16(23)13-25/h5,8-9,12,16-17H,2-4,6-7,10-11,13-14,23H2,1H3/t16-/m1/s1. The third-order valence-corrected chi connectivity index (χ3v) is 8.11. The van der Waals surface area contributed by atoms with Gasteiger partial charge in [0, 0.05) is 36.1 Å². The van der Waals surface area contributed by atoms with E-state index >= 15 is 0 Å². The molecule has 1 aromatic heterocycles. The minimum absolute atomic E-state index is 0.0866. The highest BCUT2D eigenvalue weighted by molar-refractivity contribution is 7.89. The van der Waals surface area contributed by atoms with E-state index in [2.05, 4.69) is 0 Å². The Morgan fingerprint density at radius 1 is 1.19 bits per heavy atom. The number of hydrogen-bond acceptors (Lipinski definition) is 7. The van der Waals surface area contributed by atoms with E-state index in [4.69, 9.17) is 15.2 Å². The Balaban J connectivity index is 1.58. The van der Waals surface area contributed by atoms with Gasteiger partial charge in [-0.05, 0) is 56.7 Å². The molecule has 1 aliphatic carbocycles. The molecule has 1 atom stereocenters. The fourth-order valence-electron chi connectivity index (χ4n) is 4.53. The van der Waals surface area contributed by atoms with Crippen molar-refractivity contribution in [3.63, 3.8) is 0 Å². The van der Waals surface area contributed by atoms with Crippen molar-refractivity contribution in [2.45, 2.75) is 69.2 Å². The second-order valence-electron chi connectivity index (χ2n) is 8.58. The van der Waals surface area contributed by atoms with E-state index in [0.717, 1.165) is 32.1 Å². The van der Waals surface area contributed by atoms with Gasteiger partial charge in [0.15, 0.2) is 6.73 Å². The molecule has 2 aliphatic rings. The van der Waals surface area contributed by atoms with Gasteiger partial charge in [0.05, 0.1) is 4.90 Å². The average molecular weight is 464 g/mol. The van der Waals surface area contributed by atoms with Gasteiger partial charge >= 0.3 is 6.16 Å². The molecule has 1 saturated heterocycles. The van der Waals surface area contributed by atoms with Gasteiger partial charge < -0.3 is 15.2 Å². The SMILES string of the molecule is Cc1cn(COC(=O)OC2CCCCC2)c(=O)c2cccc(S(=O)(=O)N3CC[C@@H](N)C3)c12. The van der Waals surface area contributed by atoms with E-state index in [0.29, 0.717) is 23.9 Å². The van der Waals surface area contributed by atoms with E-state index < -0.39 is 21.7 Å². The van der Waals surface area contributed by atoms with Crippen LogP contribution in [-0.2, 0) is 26.2 Å². The van der Waals surface area contributed by atoms with E-state index in [-0.39, 0.29) is 35.7 Å². The van der Waals surface area contributed by atoms with Gasteiger partial charge in [-0.2, -0.15) is 4.31 Å². The molecular weight excluding hydrogens is 434 g/mol. The summed E-state index contributed by atoms with van der Waals surface area (Å²) in [6, 6.07) is 4.45. The molecule has 2 heterocycles. The van der Waals surface area contributed by atoms with Gasteiger partial charge in [-0.1, -0.05) is 12.5 Å². The number of sulfonamides is 1. The normalized spacial score (nSPS) is 20.5. The second kappa shape index (κ2) is 9.21. The highest BCUT2D eigenvalue weighted by Crippen LogP contribution is 2.28. The van der Waals surface area contributed by atoms with Gasteiger partial charge in [-0.15, -0.1) is 0 Å². The van der Waals surface area contributed by atoms with Crippen LogP contribution in [0, 0.1) is 6.92 Å². The Hall–Kier alpha value is -2.43. The van der Waals surface area contributed by atoms with Crippen molar-refractivity contribution in [3.8, 4) is 0 Å². The first-order valence-corrected chi connectivity index (χ1v) is 12.4. The Bertz CT molecular complexity index is 1170. The smallest absolute Gasteiger partial charge is 0.431 e. The predicted molar refractivity (Wildman–Crippen MR) is 119 cm³/mol. The quantitative estimate of drug-likeness (QED) is 0.676. The van der Waals surface area contributed by atoms with Crippen molar-refractivity contribution in [1.82, 2.24) is 8.87 Å². The first-order chi connectivity index (χ1) is 15.3. The number of hydrogen-bond donors (Lipinski definition) is 1. The van der Waals surface area contributed by atoms with E-state index in [1.54, 1.807) is 19.1 Å². The summed E-state index contributed by atoms with van der Waals surface area (Å²) in [6.45, 7) is 2.03. The largest absolute Gasteiger partial charge is 0.510 e. The predicted octanol–water partition coefficient (Wildman–Crippen LogP) is 2.48. The van der Waals surface area contributed by atoms with Crippen LogP contribution in [0.1, 0.15) is 44.1 Å². The molecule has 0 unspecified atom stereocenters. The van der Waals surface area contributed by atoms with Crippen LogP contribution in [0.4, 0.5) is 4.79 Å². The Kier molecular flexibility index (Phi) is 6.55. The summed E-state index contributed by atoms with van der Waals surface area (Å²) in [6.07, 6.45) is 6.00. The third kappa shape index (κ3) is 4.53. The third-order valence-electron chi connectivity index (χ3n) is 6.20. The van der Waals surface area contributed by atoms with Crippen LogP contribution < -0.4 is 11.3 Å². The minimum Gasteiger partial charge on any atom is -0.431 e. The van der Waals surface area contributed by atoms with E-state index in [9.17, 15) is 18.0 Å². The van der Waals surface area contributed by atoms with E-state index in [1.807, 2.05) is 0 Å². The number of benzene rings is 1. The molecule has 2 fully saturated rings. The molecule has 32 heavy (non-hydrogen) atoms. The van der Waals surface area contributed by atoms with Crippen molar-refractivity contribution in [1.29, 1.82) is 0 Å². The van der Waals surface area contributed by atoms with Gasteiger partial charge in [0.2, 0.25) is 10.0 Å². The molecule has 1 saturated carbocycles. The van der Waals surface area contributed by atoms with Crippen molar-refractivity contribution in [3.05, 3.63) is 40.3 Å². The van der Waals surface area contributed by atoms with Crippen LogP contribution in [0.25, 0.3) is 10.8 Å². The van der Waals surface area contributed by atoms with Crippen molar-refractivity contribution in [2.24, 2.45) is 5.73 Å². The number of aryl methyl sites for hydroxylation is 1. The summed E-state index contributed by atoms with van der Waals surface area (Å²) in [5, 5.41) is 0.623. The maximum absolute atomic E-state index is 13.2. The molecule has 0 radical (unpaired) electrons. The molecule has 1 aliphatic heterocycles. The van der Waals surface area contributed by atoms with Crippen molar-refractivity contribution in [2.75, 3.05) is 13.1 Å². The Morgan fingerprint density at radius 2 is 1.94 bits per heavy atom. The molecule has 10 heteroatoms. The molecular formula is C22H29N3O6S. The summed E-state index contributed by atoms with van der Waals surface area (Å²) in [5.41, 5.74) is 6.04. The number of nitrogens with two attached hydrogens (primary N) is 1. The number of pyridine rings is 1. The summed E-state index contributed by atoms with van der Waals surface area (Å²) in [4.78, 5) is 25.2. The Morgan fingerprint density at radius 3 is 2.62 bits per heavy atom. The summed E-state index contributed by atoms with van der Waals surface area (Å²) in [7, 11) is -3.79. The molecule has 1 aromatic carbocycles. The number of rotatable bonds is 5. The highest BCUT2D eigenvalue weighted by Gasteiger charge is 2.32. The molecule has 4 rings (SSSR count). The molecule has 0 spiro atoms. The summed E-state index contributed by atoms with van der Waals surface area (Å²) in [5.74, 6) is 0. The zero-order valence-corrected chi connectivity index (χ0v) is 19.0. The zero-order valence-electron chi connectivity index (χ0n) is 18.2. The number of nitrogens with zero attached hydrogens (tertiary/aromatic N) is 2. The molecule has 2 aromatic rings. The van der Waals surface area contributed by atoms with Crippen LogP contribution in [0.2, 0.25) is 0 Å². The fraction of sp³-hybridized carbons (Fsp3) is 0.545. The molecule has 0 bridgehead atoms. The lowest BCUT2D eigenvalue weighted by Gasteiger charge is -2.21. The van der Waals surface area contributed by atoms with Crippen molar-refractivity contribution < 1.29 is 22.7 Å². The average Bonchev–Trinajstić information content (AvgIpc) is 3.22. The lowest BCUT2D eigenvalue weighted by molar-refractivity contribution is -0.00415. The first kappa shape index (κ1) is 22.8. The monoisotopic (exact) mass is 463 g/mol. The van der Waals surface area contributed by atoms with Gasteiger partial charge in [-0.25, -0.2) is 13.2 Å². The van der Waals surface area contributed by atoms with Gasteiger partial charge in [0.1, 0.15) is 6.10 Å². The summed E-state index contributed by atoms with van der Waals surface area (Å²) >= 11 is 0. The maximum atomic E-state index is 13.2. The number of aromatic nitrogens is 1. The fourth-order valence-corrected chi connectivity index (χ4v) is 6.32. The van der Waals surface area contributed by atoms with Crippen LogP contribution in [0.3, 0.4) is 0 Å². The Labute approximate surface area is 187 Å². The van der Waals surface area contributed by atoms with Gasteiger partial charge in [0.25, 0.3) is 5.56 Å². The minimum atomic E-state index is -3.79. The van der Waals surface area contributed by atoms with Crippen LogP contribution in [0.5, 0.6) is 0 Å². The van der Waals surface area contributed by atoms with Gasteiger partial charge in [-0.3, -0.25) is 9.36 Å². The van der Waals surface area contributed by atoms with Crippen molar-refractivity contribution >= 4 is 27.0 Å². The van der Waals surface area contributed by atoms with Crippen LogP contribution in [-0.4, -0.2) is 48.7 Å². The molecule has 9 nitrogen and oxygen atoms in total. The number of carbonyl (C=O) groups excluding carboxylic acids is 1. The topological polar surface area (TPSA) is 121 Å². The highest BCUT2D eigenvalue weighted by atomic mass is 32.2. The number of ether oxygens (including phenoxy) is 2. The lowest BCUT2D eigenvalue weighted by atomic mass is 9.98. The molecule has 174 valence electrons. The first-order valence-electron chi connectivity index (χ1n) is 11.0.